The lowest BCUT2D eigenvalue weighted by molar-refractivity contribution is -0.870. The Kier molecular flexibility index (Phi) is 58.4. The van der Waals surface area contributed by atoms with Gasteiger partial charge in [-0.3, -0.25) is 18.6 Å². The summed E-state index contributed by atoms with van der Waals surface area (Å²) < 4.78 is 30.7. The number of ether oxygens (including phenoxy) is 1. The van der Waals surface area contributed by atoms with E-state index in [9.17, 15) is 19.0 Å². The third kappa shape index (κ3) is 62.5. The van der Waals surface area contributed by atoms with Gasteiger partial charge in [-0.05, 0) is 96.0 Å². The number of carbonyl (C=O) groups excluding carboxylic acids is 2. The first-order chi connectivity index (χ1) is 40.4. The molecule has 83 heavy (non-hydrogen) atoms. The summed E-state index contributed by atoms with van der Waals surface area (Å²) in [6.07, 6.45) is 87.4. The maximum absolute atomic E-state index is 13.6. The maximum Gasteiger partial charge on any atom is 0.472 e. The first-order valence-corrected chi connectivity index (χ1v) is 35.1. The zero-order valence-electron chi connectivity index (χ0n) is 54.1. The highest BCUT2D eigenvalue weighted by molar-refractivity contribution is 7.47. The largest absolute Gasteiger partial charge is 0.472 e. The van der Waals surface area contributed by atoms with Crippen LogP contribution in [0, 0.1) is 0 Å². The van der Waals surface area contributed by atoms with E-state index in [4.69, 9.17) is 13.8 Å². The predicted molar refractivity (Wildman–Crippen MR) is 359 cm³/mol. The van der Waals surface area contributed by atoms with Crippen LogP contribution in [-0.2, 0) is 27.9 Å². The van der Waals surface area contributed by atoms with Crippen LogP contribution in [0.2, 0.25) is 0 Å². The number of likely N-dealkylation sites (N-methyl/N-ethyl adjacent to an activating group) is 1. The fourth-order valence-corrected chi connectivity index (χ4v) is 9.81. The summed E-state index contributed by atoms with van der Waals surface area (Å²) in [6, 6.07) is -0.883. The molecule has 0 aliphatic rings. The Morgan fingerprint density at radius 1 is 0.446 bits per heavy atom. The Morgan fingerprint density at radius 3 is 1.30 bits per heavy atom. The van der Waals surface area contributed by atoms with Crippen molar-refractivity contribution in [3.05, 3.63) is 134 Å². The summed E-state index contributed by atoms with van der Waals surface area (Å²) >= 11 is 0. The van der Waals surface area contributed by atoms with Crippen LogP contribution >= 0.6 is 7.82 Å². The Morgan fingerprint density at radius 2 is 0.819 bits per heavy atom. The molecular formula is C73H126N2O7P+. The van der Waals surface area contributed by atoms with E-state index >= 15 is 0 Å². The van der Waals surface area contributed by atoms with Gasteiger partial charge < -0.3 is 19.4 Å². The zero-order valence-corrected chi connectivity index (χ0v) is 55.0. The van der Waals surface area contributed by atoms with Crippen molar-refractivity contribution in [3.63, 3.8) is 0 Å². The van der Waals surface area contributed by atoms with Gasteiger partial charge in [0.15, 0.2) is 0 Å². The number of hydrogen-bond donors (Lipinski definition) is 2. The van der Waals surface area contributed by atoms with Gasteiger partial charge in [-0.25, -0.2) is 4.57 Å². The predicted octanol–water partition coefficient (Wildman–Crippen LogP) is 21.2. The minimum atomic E-state index is -4.48. The molecule has 0 aromatic carbocycles. The Hall–Kier alpha value is -3.85. The van der Waals surface area contributed by atoms with Crippen molar-refractivity contribution in [2.24, 2.45) is 0 Å². The molecule has 3 atom stereocenters. The van der Waals surface area contributed by atoms with Crippen molar-refractivity contribution >= 4 is 19.7 Å². The second-order valence-corrected chi connectivity index (χ2v) is 24.9. The molecule has 0 rings (SSSR count). The number of nitrogens with zero attached hydrogens (tertiary/aromatic N) is 1. The molecule has 2 N–H and O–H groups in total. The molecule has 0 radical (unpaired) electrons. The fourth-order valence-electron chi connectivity index (χ4n) is 9.07. The van der Waals surface area contributed by atoms with Gasteiger partial charge in [-0.15, -0.1) is 0 Å². The number of hydrogen-bond acceptors (Lipinski definition) is 6. The summed E-state index contributed by atoms with van der Waals surface area (Å²) in [5.41, 5.74) is 0. The summed E-state index contributed by atoms with van der Waals surface area (Å²) in [7, 11) is 1.45. The molecule has 0 heterocycles. The standard InChI is InChI=1S/C73H125N2O7P/c1-7-10-13-16-19-22-25-28-30-32-33-34-35-36-37-38-39-40-41-43-45-48-51-54-57-60-63-66-73(77)82-71(64-61-58-55-52-49-46-27-24-21-18-15-12-9-3)70(69-81-83(78,79)80-68-67-75(4,5)6)74-72(76)65-62-59-56-53-50-47-44-42-31-29-26-23-20-17-14-11-8-2/h11,14,17,19-20,22-23,26,28-31,33-34,36-37,42,44,47,50,61,64,70-71H,7-10,12-13,15-16,18,21,24-25,27,32,35,38-41,43,45-46,48-49,51-60,62-63,65-69H2,1-6H3,(H-,74,76,78,79)/p+1/b14-11-,20-17+,22-19-,26-23+,30-28-,31-29-,34-33-,37-36-,44-42+,50-47+,64-61-. The molecule has 0 bridgehead atoms. The van der Waals surface area contributed by atoms with Gasteiger partial charge in [0.1, 0.15) is 19.3 Å². The minimum Gasteiger partial charge on any atom is -0.456 e. The summed E-state index contributed by atoms with van der Waals surface area (Å²) in [4.78, 5) is 37.8. The van der Waals surface area contributed by atoms with Crippen LogP contribution < -0.4 is 5.32 Å². The van der Waals surface area contributed by atoms with Crippen molar-refractivity contribution in [1.82, 2.24) is 5.32 Å². The van der Waals surface area contributed by atoms with Gasteiger partial charge in [0.25, 0.3) is 0 Å². The van der Waals surface area contributed by atoms with Crippen LogP contribution in [0.25, 0.3) is 0 Å². The molecule has 0 saturated carbocycles. The summed E-state index contributed by atoms with van der Waals surface area (Å²) in [6.45, 7) is 6.80. The second-order valence-electron chi connectivity index (χ2n) is 23.4. The zero-order chi connectivity index (χ0) is 60.7. The van der Waals surface area contributed by atoms with Crippen LogP contribution in [-0.4, -0.2) is 74.3 Å². The molecular weight excluding hydrogens is 1050 g/mol. The first kappa shape index (κ1) is 79.2. The Balaban J connectivity index is 5.20. The Bertz CT molecular complexity index is 1880. The first-order valence-electron chi connectivity index (χ1n) is 33.6. The van der Waals surface area contributed by atoms with Crippen LogP contribution in [0.4, 0.5) is 0 Å². The molecule has 0 aliphatic carbocycles. The molecule has 0 aromatic rings. The molecule has 0 fully saturated rings. The topological polar surface area (TPSA) is 111 Å². The number of unbranched alkanes of at least 4 members (excludes halogenated alkanes) is 28. The number of phosphoric ester groups is 1. The second kappa shape index (κ2) is 61.2. The van der Waals surface area contributed by atoms with Crippen LogP contribution in [0.1, 0.15) is 265 Å². The lowest BCUT2D eigenvalue weighted by Crippen LogP contribution is -2.47. The average molecular weight is 1170 g/mol. The summed E-state index contributed by atoms with van der Waals surface area (Å²) in [5.74, 6) is -0.565. The van der Waals surface area contributed by atoms with Crippen LogP contribution in [0.5, 0.6) is 0 Å². The highest BCUT2D eigenvalue weighted by atomic mass is 31.2. The van der Waals surface area contributed by atoms with Gasteiger partial charge in [0, 0.05) is 12.8 Å². The van der Waals surface area contributed by atoms with Gasteiger partial charge in [0.2, 0.25) is 5.91 Å². The third-order valence-electron chi connectivity index (χ3n) is 14.2. The molecule has 474 valence electrons. The third-order valence-corrected chi connectivity index (χ3v) is 15.2. The maximum atomic E-state index is 13.6. The average Bonchev–Trinajstić information content (AvgIpc) is 3.46. The quantitative estimate of drug-likeness (QED) is 0.0156. The van der Waals surface area contributed by atoms with E-state index in [1.165, 1.54) is 135 Å². The van der Waals surface area contributed by atoms with E-state index in [0.717, 1.165) is 89.9 Å². The van der Waals surface area contributed by atoms with E-state index in [2.05, 4.69) is 86.8 Å². The number of quaternary nitrogens is 1. The number of nitrogens with one attached hydrogen (secondary N) is 1. The van der Waals surface area contributed by atoms with E-state index in [-0.39, 0.29) is 37.9 Å². The fraction of sp³-hybridized carbons (Fsp3) is 0.671. The van der Waals surface area contributed by atoms with Crippen molar-refractivity contribution in [3.8, 4) is 0 Å². The lowest BCUT2D eigenvalue weighted by atomic mass is 10.0. The molecule has 0 aromatic heterocycles. The number of phosphoric acid groups is 1. The smallest absolute Gasteiger partial charge is 0.456 e. The molecule has 10 heteroatoms. The van der Waals surface area contributed by atoms with E-state index in [0.29, 0.717) is 17.4 Å². The molecule has 1 amide bonds. The Labute approximate surface area is 511 Å². The highest BCUT2D eigenvalue weighted by Gasteiger charge is 2.30. The van der Waals surface area contributed by atoms with Crippen molar-refractivity contribution in [2.45, 2.75) is 277 Å². The van der Waals surface area contributed by atoms with Gasteiger partial charge in [-0.2, -0.15) is 0 Å². The van der Waals surface area contributed by atoms with E-state index < -0.39 is 20.0 Å². The van der Waals surface area contributed by atoms with Crippen molar-refractivity contribution < 1.29 is 37.3 Å². The van der Waals surface area contributed by atoms with Crippen LogP contribution in [0.15, 0.2) is 134 Å². The molecule has 0 spiro atoms. The molecule has 0 aliphatic heterocycles. The monoisotopic (exact) mass is 1170 g/mol. The summed E-state index contributed by atoms with van der Waals surface area (Å²) in [5, 5.41) is 3.03. The van der Waals surface area contributed by atoms with E-state index in [1.807, 2.05) is 94.1 Å². The SMILES string of the molecule is CC\C=C/C=C/C=C/C=C\C=C\C=C\CCCCCC(=O)NC(COP(=O)(O)OCC[N+](C)(C)C)C(/C=C\CCCCCCCCCCCCC)OC(=O)CCCCCCCCCCCCC/C=C\C/C=C\C/C=C\C/C=C\CCCCC. The van der Waals surface area contributed by atoms with E-state index in [1.54, 1.807) is 0 Å². The van der Waals surface area contributed by atoms with Crippen molar-refractivity contribution in [1.29, 1.82) is 0 Å². The number of rotatable bonds is 59. The molecule has 0 saturated heterocycles. The lowest BCUT2D eigenvalue weighted by Gasteiger charge is -2.27. The van der Waals surface area contributed by atoms with Crippen LogP contribution in [0.3, 0.4) is 0 Å². The number of esters is 1. The van der Waals surface area contributed by atoms with Gasteiger partial charge in [-0.1, -0.05) is 290 Å². The van der Waals surface area contributed by atoms with Gasteiger partial charge >= 0.3 is 13.8 Å². The highest BCUT2D eigenvalue weighted by Crippen LogP contribution is 2.43. The minimum absolute atomic E-state index is 0.0234. The normalized spacial score (nSPS) is 14.4. The van der Waals surface area contributed by atoms with Crippen molar-refractivity contribution in [2.75, 3.05) is 40.9 Å². The number of allylic oxidation sites excluding steroid dienone is 21. The molecule has 3 unspecified atom stereocenters. The molecule has 9 nitrogen and oxygen atoms in total. The number of amides is 1. The number of carbonyl (C=O) groups is 2. The van der Waals surface area contributed by atoms with Gasteiger partial charge in [0.05, 0.1) is 33.8 Å².